The van der Waals surface area contributed by atoms with Crippen LogP contribution < -0.4 is 0 Å². The first-order valence-corrected chi connectivity index (χ1v) is 6.45. The summed E-state index contributed by atoms with van der Waals surface area (Å²) < 4.78 is 15.4. The Bertz CT molecular complexity index is 654. The van der Waals surface area contributed by atoms with Gasteiger partial charge in [-0.3, -0.25) is 5.10 Å². The number of aromatic amines is 1. The van der Waals surface area contributed by atoms with E-state index in [4.69, 9.17) is 23.8 Å². The molecule has 0 bridgehead atoms. The predicted molar refractivity (Wildman–Crippen MR) is 75.9 cm³/mol. The minimum absolute atomic E-state index is 0.140. The van der Waals surface area contributed by atoms with Gasteiger partial charge in [0.2, 0.25) is 4.77 Å². The molecule has 1 N–H and O–H groups in total. The van der Waals surface area contributed by atoms with Crippen molar-refractivity contribution in [3.63, 3.8) is 0 Å². The van der Waals surface area contributed by atoms with Gasteiger partial charge in [-0.1, -0.05) is 31.5 Å². The van der Waals surface area contributed by atoms with Gasteiger partial charge in [0.15, 0.2) is 5.82 Å². The second-order valence-electron chi connectivity index (χ2n) is 4.23. The summed E-state index contributed by atoms with van der Waals surface area (Å²) in [4.78, 5) is 0. The fraction of sp³-hybridized carbons (Fsp3) is 0.250. The lowest BCUT2D eigenvalue weighted by Gasteiger charge is -2.03. The van der Waals surface area contributed by atoms with E-state index in [9.17, 15) is 4.39 Å². The Morgan fingerprint density at radius 3 is 2.89 bits per heavy atom. The van der Waals surface area contributed by atoms with Gasteiger partial charge < -0.3 is 0 Å². The molecule has 0 amide bonds. The quantitative estimate of drug-likeness (QED) is 0.693. The Morgan fingerprint density at radius 1 is 1.53 bits per heavy atom. The Morgan fingerprint density at radius 2 is 2.26 bits per heavy atom. The molecule has 2 rings (SSSR count). The number of nitrogens with one attached hydrogen (secondary N) is 1. The maximum Gasteiger partial charge on any atom is 0.216 e. The standard InChI is InChI=1S/C12H12ClFN4S/c1-7(2)11-16-17-12(19)18(11)15-6-8-9(13)4-3-5-10(8)14/h3-7H,1-2H3,(H,17,19)/b15-6+. The number of benzene rings is 1. The molecular formula is C12H12ClFN4S. The van der Waals surface area contributed by atoms with Gasteiger partial charge in [0.25, 0.3) is 0 Å². The Balaban J connectivity index is 2.44. The van der Waals surface area contributed by atoms with E-state index in [2.05, 4.69) is 15.3 Å². The van der Waals surface area contributed by atoms with Gasteiger partial charge in [-0.25, -0.2) is 4.39 Å². The van der Waals surface area contributed by atoms with Crippen LogP contribution in [0.15, 0.2) is 23.3 Å². The second-order valence-corrected chi connectivity index (χ2v) is 5.03. The van der Waals surface area contributed by atoms with Crippen LogP contribution in [-0.2, 0) is 0 Å². The molecule has 7 heteroatoms. The monoisotopic (exact) mass is 298 g/mol. The molecular weight excluding hydrogens is 287 g/mol. The number of H-pyrrole nitrogens is 1. The van der Waals surface area contributed by atoms with Crippen molar-refractivity contribution in [2.45, 2.75) is 19.8 Å². The fourth-order valence-electron chi connectivity index (χ4n) is 1.54. The first kappa shape index (κ1) is 13.9. The number of aromatic nitrogens is 3. The molecule has 1 heterocycles. The number of rotatable bonds is 3. The zero-order valence-corrected chi connectivity index (χ0v) is 12.0. The fourth-order valence-corrected chi connectivity index (χ4v) is 1.94. The van der Waals surface area contributed by atoms with Crippen molar-refractivity contribution >= 4 is 30.0 Å². The molecule has 2 aromatic rings. The molecule has 0 spiro atoms. The van der Waals surface area contributed by atoms with E-state index in [0.29, 0.717) is 15.6 Å². The molecule has 0 saturated heterocycles. The van der Waals surface area contributed by atoms with Crippen LogP contribution in [0.3, 0.4) is 0 Å². The van der Waals surface area contributed by atoms with Crippen LogP contribution in [-0.4, -0.2) is 21.1 Å². The van der Waals surface area contributed by atoms with Gasteiger partial charge in [0, 0.05) is 11.5 Å². The van der Waals surface area contributed by atoms with Gasteiger partial charge in [0.05, 0.1) is 11.2 Å². The minimum atomic E-state index is -0.433. The lowest BCUT2D eigenvalue weighted by Crippen LogP contribution is -2.01. The van der Waals surface area contributed by atoms with Crippen molar-refractivity contribution < 1.29 is 4.39 Å². The maximum atomic E-state index is 13.6. The van der Waals surface area contributed by atoms with Crippen molar-refractivity contribution in [1.82, 2.24) is 14.9 Å². The smallest absolute Gasteiger partial charge is 0.216 e. The van der Waals surface area contributed by atoms with E-state index in [1.807, 2.05) is 13.8 Å². The van der Waals surface area contributed by atoms with Gasteiger partial charge >= 0.3 is 0 Å². The average molecular weight is 299 g/mol. The molecule has 1 aromatic carbocycles. The molecule has 0 aliphatic carbocycles. The van der Waals surface area contributed by atoms with Gasteiger partial charge in [0.1, 0.15) is 5.82 Å². The van der Waals surface area contributed by atoms with Crippen molar-refractivity contribution in [2.24, 2.45) is 5.10 Å². The highest BCUT2D eigenvalue weighted by Gasteiger charge is 2.09. The van der Waals surface area contributed by atoms with Gasteiger partial charge in [-0.15, -0.1) is 0 Å². The molecule has 4 nitrogen and oxygen atoms in total. The molecule has 0 aliphatic rings. The lowest BCUT2D eigenvalue weighted by molar-refractivity contribution is 0.625. The molecule has 0 aliphatic heterocycles. The van der Waals surface area contributed by atoms with Crippen LogP contribution in [0.5, 0.6) is 0 Å². The summed E-state index contributed by atoms with van der Waals surface area (Å²) >= 11 is 11.0. The van der Waals surface area contributed by atoms with E-state index in [1.54, 1.807) is 6.07 Å². The molecule has 100 valence electrons. The number of hydrogen-bond donors (Lipinski definition) is 1. The first-order valence-electron chi connectivity index (χ1n) is 5.66. The van der Waals surface area contributed by atoms with Crippen molar-refractivity contribution in [2.75, 3.05) is 0 Å². The Labute approximate surface area is 119 Å². The van der Waals surface area contributed by atoms with Crippen molar-refractivity contribution in [3.8, 4) is 0 Å². The van der Waals surface area contributed by atoms with Crippen LogP contribution >= 0.6 is 23.8 Å². The summed E-state index contributed by atoms with van der Waals surface area (Å²) in [6, 6.07) is 4.47. The normalized spacial score (nSPS) is 11.6. The van der Waals surface area contributed by atoms with Gasteiger partial charge in [-0.2, -0.15) is 14.9 Å². The van der Waals surface area contributed by atoms with E-state index >= 15 is 0 Å². The Hall–Kier alpha value is -1.53. The number of nitrogens with zero attached hydrogens (tertiary/aromatic N) is 3. The SMILES string of the molecule is CC(C)c1n[nH]c(=S)n1/N=C/c1c(F)cccc1Cl. The van der Waals surface area contributed by atoms with Crippen LogP contribution in [0.1, 0.15) is 31.2 Å². The van der Waals surface area contributed by atoms with E-state index in [-0.39, 0.29) is 11.5 Å². The third-order valence-corrected chi connectivity index (χ3v) is 3.09. The average Bonchev–Trinajstić information content (AvgIpc) is 2.70. The summed E-state index contributed by atoms with van der Waals surface area (Å²) in [5, 5.41) is 11.2. The summed E-state index contributed by atoms with van der Waals surface area (Å²) in [5.41, 5.74) is 0.224. The summed E-state index contributed by atoms with van der Waals surface area (Å²) in [7, 11) is 0. The van der Waals surface area contributed by atoms with E-state index < -0.39 is 5.82 Å². The molecule has 0 radical (unpaired) electrons. The largest absolute Gasteiger partial charge is 0.250 e. The zero-order valence-electron chi connectivity index (χ0n) is 10.4. The third-order valence-electron chi connectivity index (χ3n) is 2.49. The number of hydrogen-bond acceptors (Lipinski definition) is 3. The Kier molecular flexibility index (Phi) is 4.11. The molecule has 1 aromatic heterocycles. The highest BCUT2D eigenvalue weighted by atomic mass is 35.5. The third kappa shape index (κ3) is 2.90. The predicted octanol–water partition coefficient (Wildman–Crippen LogP) is 3.74. The highest BCUT2D eigenvalue weighted by Crippen LogP contribution is 2.17. The van der Waals surface area contributed by atoms with Crippen molar-refractivity contribution in [1.29, 1.82) is 0 Å². The lowest BCUT2D eigenvalue weighted by atomic mass is 10.2. The summed E-state index contributed by atoms with van der Waals surface area (Å²) in [5.74, 6) is 0.382. The minimum Gasteiger partial charge on any atom is -0.250 e. The molecule has 0 unspecified atom stereocenters. The second kappa shape index (κ2) is 5.63. The van der Waals surface area contributed by atoms with Crippen molar-refractivity contribution in [3.05, 3.63) is 45.2 Å². The summed E-state index contributed by atoms with van der Waals surface area (Å²) in [6.07, 6.45) is 1.34. The highest BCUT2D eigenvalue weighted by molar-refractivity contribution is 7.71. The maximum absolute atomic E-state index is 13.6. The van der Waals surface area contributed by atoms with Crippen LogP contribution in [0, 0.1) is 10.6 Å². The topological polar surface area (TPSA) is 46.0 Å². The van der Waals surface area contributed by atoms with E-state index in [1.165, 1.54) is 23.0 Å². The first-order chi connectivity index (χ1) is 9.00. The van der Waals surface area contributed by atoms with Crippen LogP contribution in [0.2, 0.25) is 5.02 Å². The zero-order chi connectivity index (χ0) is 14.0. The van der Waals surface area contributed by atoms with Crippen LogP contribution in [0.4, 0.5) is 4.39 Å². The summed E-state index contributed by atoms with van der Waals surface area (Å²) in [6.45, 7) is 3.93. The molecule has 0 saturated carbocycles. The van der Waals surface area contributed by atoms with Gasteiger partial charge in [-0.05, 0) is 24.4 Å². The van der Waals surface area contributed by atoms with Crippen LogP contribution in [0.25, 0.3) is 0 Å². The van der Waals surface area contributed by atoms with E-state index in [0.717, 1.165) is 0 Å². The molecule has 0 fully saturated rings. The molecule has 19 heavy (non-hydrogen) atoms. The number of halogens is 2. The molecule has 0 atom stereocenters.